The topological polar surface area (TPSA) is 85.2 Å². The van der Waals surface area contributed by atoms with Crippen molar-refractivity contribution in [1.29, 1.82) is 0 Å². The molecule has 0 aliphatic carbocycles. The van der Waals surface area contributed by atoms with Gasteiger partial charge in [0.05, 0.1) is 19.1 Å². The first-order valence-electron chi connectivity index (χ1n) is 4.79. The molecule has 1 rings (SSSR count). The number of aromatic amines is 1. The summed E-state index contributed by atoms with van der Waals surface area (Å²) < 4.78 is 29.3. The van der Waals surface area contributed by atoms with E-state index in [1.165, 1.54) is 7.11 Å². The Morgan fingerprint density at radius 3 is 2.71 bits per heavy atom. The number of esters is 1. The van der Waals surface area contributed by atoms with Crippen LogP contribution >= 0.6 is 0 Å². The highest BCUT2D eigenvalue weighted by atomic mass is 19.3. The average molecular weight is 246 g/mol. The Morgan fingerprint density at radius 1 is 1.59 bits per heavy atom. The number of pyridine rings is 1. The molecule has 1 aromatic heterocycles. The molecule has 0 aromatic carbocycles. The maximum atomic E-state index is 12.5. The third kappa shape index (κ3) is 2.88. The molecule has 0 unspecified atom stereocenters. The Labute approximate surface area is 95.6 Å². The Bertz CT molecular complexity index is 471. The Balaban J connectivity index is 3.21. The minimum absolute atomic E-state index is 0.0202. The predicted molar refractivity (Wildman–Crippen MR) is 55.6 cm³/mol. The zero-order valence-electron chi connectivity index (χ0n) is 9.13. The second-order valence-corrected chi connectivity index (χ2v) is 3.29. The summed E-state index contributed by atoms with van der Waals surface area (Å²) in [6.07, 6.45) is -2.19. The normalized spacial score (nSPS) is 10.6. The fourth-order valence-corrected chi connectivity index (χ4v) is 1.38. The first kappa shape index (κ1) is 13.3. The monoisotopic (exact) mass is 246 g/mol. The molecule has 94 valence electrons. The number of carbonyl (C=O) groups excluding carboxylic acids is 1. The van der Waals surface area contributed by atoms with Gasteiger partial charge in [-0.3, -0.25) is 9.59 Å². The van der Waals surface area contributed by atoms with E-state index in [1.54, 1.807) is 0 Å². The van der Waals surface area contributed by atoms with Crippen LogP contribution in [0.15, 0.2) is 11.0 Å². The van der Waals surface area contributed by atoms with Gasteiger partial charge in [0.1, 0.15) is 0 Å². The predicted octanol–water partition coefficient (Wildman–Crippen LogP) is 0.487. The smallest absolute Gasteiger partial charge is 0.311 e. The number of nitrogens with one attached hydrogen (secondary N) is 1. The lowest BCUT2D eigenvalue weighted by Gasteiger charge is -2.08. The molecular formula is C10H12F2N2O3. The molecule has 0 saturated carbocycles. The molecular weight excluding hydrogens is 234 g/mol. The van der Waals surface area contributed by atoms with E-state index in [9.17, 15) is 18.4 Å². The van der Waals surface area contributed by atoms with Crippen molar-refractivity contribution in [2.45, 2.75) is 19.4 Å². The molecule has 0 saturated heterocycles. The van der Waals surface area contributed by atoms with Crippen LogP contribution in [-0.2, 0) is 22.5 Å². The Kier molecular flexibility index (Phi) is 4.33. The number of rotatable bonds is 4. The van der Waals surface area contributed by atoms with Gasteiger partial charge in [0.15, 0.2) is 5.43 Å². The number of H-pyrrole nitrogens is 1. The molecule has 0 bridgehead atoms. The minimum Gasteiger partial charge on any atom is -0.469 e. The molecule has 17 heavy (non-hydrogen) atoms. The number of hydrogen-bond acceptors (Lipinski definition) is 4. The number of halogens is 2. The minimum atomic E-state index is -2.88. The molecule has 0 radical (unpaired) electrons. The quantitative estimate of drug-likeness (QED) is 0.757. The third-order valence-corrected chi connectivity index (χ3v) is 2.29. The van der Waals surface area contributed by atoms with Gasteiger partial charge in [0.2, 0.25) is 0 Å². The Hall–Kier alpha value is -1.76. The molecule has 1 aromatic rings. The van der Waals surface area contributed by atoms with Gasteiger partial charge in [-0.1, -0.05) is 0 Å². The summed E-state index contributed by atoms with van der Waals surface area (Å²) in [5.41, 5.74) is 4.02. The SMILES string of the molecule is COC(=O)Cc1[nH]cc(C(F)F)c(=O)c1CN. The maximum Gasteiger partial charge on any atom is 0.311 e. The van der Waals surface area contributed by atoms with Gasteiger partial charge in [-0.05, 0) is 0 Å². The summed E-state index contributed by atoms with van der Waals surface area (Å²) in [6.45, 7) is -0.220. The van der Waals surface area contributed by atoms with Crippen LogP contribution in [0.25, 0.3) is 0 Å². The highest BCUT2D eigenvalue weighted by Gasteiger charge is 2.18. The third-order valence-electron chi connectivity index (χ3n) is 2.29. The van der Waals surface area contributed by atoms with Crippen LogP contribution in [0.2, 0.25) is 0 Å². The zero-order valence-corrected chi connectivity index (χ0v) is 9.13. The van der Waals surface area contributed by atoms with Crippen LogP contribution in [0.5, 0.6) is 0 Å². The van der Waals surface area contributed by atoms with Crippen LogP contribution in [0.4, 0.5) is 8.78 Å². The van der Waals surface area contributed by atoms with Crippen molar-refractivity contribution >= 4 is 5.97 Å². The van der Waals surface area contributed by atoms with E-state index in [0.717, 1.165) is 6.20 Å². The van der Waals surface area contributed by atoms with Crippen LogP contribution in [-0.4, -0.2) is 18.1 Å². The summed E-state index contributed by atoms with van der Waals surface area (Å²) >= 11 is 0. The fourth-order valence-electron chi connectivity index (χ4n) is 1.38. The molecule has 0 spiro atoms. The van der Waals surface area contributed by atoms with E-state index in [1.807, 2.05) is 0 Å². The van der Waals surface area contributed by atoms with Gasteiger partial charge >= 0.3 is 5.97 Å². The van der Waals surface area contributed by atoms with Crippen molar-refractivity contribution < 1.29 is 18.3 Å². The molecule has 7 heteroatoms. The van der Waals surface area contributed by atoms with E-state index in [4.69, 9.17) is 5.73 Å². The van der Waals surface area contributed by atoms with Crippen LogP contribution < -0.4 is 11.2 Å². The first-order valence-corrected chi connectivity index (χ1v) is 4.79. The van der Waals surface area contributed by atoms with Gasteiger partial charge in [0.25, 0.3) is 6.43 Å². The number of ether oxygens (including phenoxy) is 1. The molecule has 5 nitrogen and oxygen atoms in total. The number of alkyl halides is 2. The molecule has 0 fully saturated rings. The summed E-state index contributed by atoms with van der Waals surface area (Å²) in [7, 11) is 1.19. The summed E-state index contributed by atoms with van der Waals surface area (Å²) in [5.74, 6) is -0.583. The number of nitrogens with two attached hydrogens (primary N) is 1. The van der Waals surface area contributed by atoms with Crippen molar-refractivity contribution in [2.24, 2.45) is 5.73 Å². The van der Waals surface area contributed by atoms with Crippen LogP contribution in [0.1, 0.15) is 23.2 Å². The van der Waals surface area contributed by atoms with Crippen molar-refractivity contribution in [3.63, 3.8) is 0 Å². The van der Waals surface area contributed by atoms with Gasteiger partial charge in [-0.15, -0.1) is 0 Å². The van der Waals surface area contributed by atoms with Gasteiger partial charge in [-0.25, -0.2) is 8.78 Å². The number of aromatic nitrogens is 1. The van der Waals surface area contributed by atoms with E-state index < -0.39 is 23.4 Å². The van der Waals surface area contributed by atoms with Gasteiger partial charge in [0, 0.05) is 24.0 Å². The molecule has 1 heterocycles. The summed E-state index contributed by atoms with van der Waals surface area (Å²) in [6, 6.07) is 0. The van der Waals surface area contributed by atoms with Crippen molar-refractivity contribution in [3.8, 4) is 0 Å². The number of methoxy groups -OCH3 is 1. The standard InChI is InChI=1S/C10H12F2N2O3/c1-17-8(15)2-7-5(3-13)9(16)6(4-14-7)10(11)12/h4,10H,2-3,13H2,1H3,(H,14,16). The zero-order chi connectivity index (χ0) is 13.0. The fraction of sp³-hybridized carbons (Fsp3) is 0.400. The van der Waals surface area contributed by atoms with Crippen molar-refractivity contribution in [3.05, 3.63) is 33.2 Å². The van der Waals surface area contributed by atoms with E-state index in [2.05, 4.69) is 9.72 Å². The lowest BCUT2D eigenvalue weighted by atomic mass is 10.1. The van der Waals surface area contributed by atoms with E-state index >= 15 is 0 Å². The second-order valence-electron chi connectivity index (χ2n) is 3.29. The molecule has 3 N–H and O–H groups in total. The largest absolute Gasteiger partial charge is 0.469 e. The van der Waals surface area contributed by atoms with Crippen molar-refractivity contribution in [1.82, 2.24) is 4.98 Å². The number of hydrogen-bond donors (Lipinski definition) is 2. The maximum absolute atomic E-state index is 12.5. The van der Waals surface area contributed by atoms with E-state index in [-0.39, 0.29) is 24.2 Å². The van der Waals surface area contributed by atoms with Crippen LogP contribution in [0, 0.1) is 0 Å². The highest BCUT2D eigenvalue weighted by Crippen LogP contribution is 2.15. The average Bonchev–Trinajstić information content (AvgIpc) is 2.28. The second kappa shape index (κ2) is 5.53. The first-order chi connectivity index (χ1) is 8.01. The summed E-state index contributed by atoms with van der Waals surface area (Å²) in [5, 5.41) is 0. The van der Waals surface area contributed by atoms with E-state index in [0.29, 0.717) is 0 Å². The molecule has 0 aliphatic heterocycles. The summed E-state index contributed by atoms with van der Waals surface area (Å²) in [4.78, 5) is 25.1. The van der Waals surface area contributed by atoms with Crippen LogP contribution in [0.3, 0.4) is 0 Å². The molecule has 0 atom stereocenters. The van der Waals surface area contributed by atoms with Gasteiger partial charge < -0.3 is 15.5 Å². The molecule has 0 aliphatic rings. The lowest BCUT2D eigenvalue weighted by molar-refractivity contribution is -0.139. The Morgan fingerprint density at radius 2 is 2.24 bits per heavy atom. The highest BCUT2D eigenvalue weighted by molar-refractivity contribution is 5.72. The molecule has 0 amide bonds. The van der Waals surface area contributed by atoms with Gasteiger partial charge in [-0.2, -0.15) is 0 Å². The number of carbonyl (C=O) groups is 1. The lowest BCUT2D eigenvalue weighted by Crippen LogP contribution is -2.23. The van der Waals surface area contributed by atoms with Crippen molar-refractivity contribution in [2.75, 3.05) is 7.11 Å².